The molecule has 5 rings (SSSR count). The van der Waals surface area contributed by atoms with Crippen molar-refractivity contribution in [2.75, 3.05) is 23.8 Å². The van der Waals surface area contributed by atoms with E-state index in [2.05, 4.69) is 14.6 Å². The Labute approximate surface area is 227 Å². The highest BCUT2D eigenvalue weighted by Crippen LogP contribution is 2.48. The van der Waals surface area contributed by atoms with Crippen molar-refractivity contribution in [1.82, 2.24) is 14.7 Å². The maximum atomic E-state index is 14.5. The molecule has 1 aromatic carbocycles. The van der Waals surface area contributed by atoms with Crippen LogP contribution >= 0.6 is 0 Å². The normalized spacial score (nSPS) is 16.7. The minimum Gasteiger partial charge on any atom is -0.493 e. The zero-order valence-corrected chi connectivity index (χ0v) is 22.6. The molecule has 0 atom stereocenters. The van der Waals surface area contributed by atoms with Gasteiger partial charge in [-0.25, -0.2) is 27.5 Å². The summed E-state index contributed by atoms with van der Waals surface area (Å²) in [4.78, 5) is 11.3. The van der Waals surface area contributed by atoms with Crippen LogP contribution in [-0.4, -0.2) is 37.1 Å². The number of nitrogens with two attached hydrogens (primary N) is 1. The number of sulfonamides is 1. The van der Waals surface area contributed by atoms with E-state index in [9.17, 15) is 12.8 Å². The van der Waals surface area contributed by atoms with Gasteiger partial charge in [-0.3, -0.25) is 0 Å². The molecule has 1 spiro atoms. The summed E-state index contributed by atoms with van der Waals surface area (Å²) in [5.74, 6) is 1.24. The van der Waals surface area contributed by atoms with Gasteiger partial charge < -0.3 is 15.4 Å². The van der Waals surface area contributed by atoms with E-state index in [1.165, 1.54) is 30.7 Å². The highest BCUT2D eigenvalue weighted by atomic mass is 32.2. The van der Waals surface area contributed by atoms with E-state index in [4.69, 9.17) is 15.5 Å². The van der Waals surface area contributed by atoms with Gasteiger partial charge in [-0.15, -0.1) is 0 Å². The van der Waals surface area contributed by atoms with E-state index in [1.54, 1.807) is 18.2 Å². The molecule has 0 unspecified atom stereocenters. The maximum absolute atomic E-state index is 14.5. The summed E-state index contributed by atoms with van der Waals surface area (Å²) >= 11 is 0. The number of hydrogen-bond acceptors (Lipinski definition) is 7. The second-order valence-electron chi connectivity index (χ2n) is 10.6. The zero-order chi connectivity index (χ0) is 26.9. The lowest BCUT2D eigenvalue weighted by Gasteiger charge is -2.47. The first-order valence-electron chi connectivity index (χ1n) is 13.1. The van der Waals surface area contributed by atoms with Crippen LogP contribution in [0.25, 0.3) is 11.3 Å². The van der Waals surface area contributed by atoms with Crippen LogP contribution in [0.4, 0.5) is 16.0 Å². The first kappa shape index (κ1) is 26.4. The molecule has 1 aliphatic carbocycles. The van der Waals surface area contributed by atoms with E-state index in [-0.39, 0.29) is 27.2 Å². The van der Waals surface area contributed by atoms with E-state index in [0.717, 1.165) is 43.6 Å². The fourth-order valence-electron chi connectivity index (χ4n) is 5.27. The predicted octanol–water partition coefficient (Wildman–Crippen LogP) is 5.64. The van der Waals surface area contributed by atoms with Gasteiger partial charge in [-0.1, -0.05) is 26.0 Å². The number of ether oxygens (including phenoxy) is 1. The maximum Gasteiger partial charge on any atom is 0.258 e. The van der Waals surface area contributed by atoms with Crippen molar-refractivity contribution < 1.29 is 21.8 Å². The zero-order valence-electron chi connectivity index (χ0n) is 21.8. The molecule has 8 nitrogen and oxygen atoms in total. The fourth-order valence-corrected chi connectivity index (χ4v) is 6.24. The van der Waals surface area contributed by atoms with E-state index >= 15 is 0 Å². The Balaban J connectivity index is 0.00000196. The van der Waals surface area contributed by atoms with E-state index in [0.29, 0.717) is 29.5 Å². The molecule has 3 heterocycles. The molecule has 0 amide bonds. The van der Waals surface area contributed by atoms with Crippen molar-refractivity contribution in [3.63, 3.8) is 0 Å². The second-order valence-corrected chi connectivity index (χ2v) is 12.3. The topological polar surface area (TPSA) is 110 Å². The SMILES string of the molecule is CC(C)COc1cc(F)cc(-c2ccc(CNS(=O)(=O)c3cccc(N)n3)c(N3CCCC34CCC4)n2)c1.[HH].[HH].[HH]. The standard InChI is InChI=1S/C28H34FN5O3S.3H2/c1-19(2)18-37-23-15-21(14-22(29)16-23)24-9-8-20(17-31-38(35,36)26-7-3-6-25(30)33-26)27(32-24)34-13-5-12-28(34)10-4-11-28;;;/h3,6-9,14-16,19,31H,4-5,10-13,17-18H2,1-2H3,(H2,30,33);3*1H. The first-order valence-corrected chi connectivity index (χ1v) is 14.6. The average molecular weight is 546 g/mol. The Bertz CT molecular complexity index is 1440. The third kappa shape index (κ3) is 5.47. The number of nitrogen functional groups attached to an aromatic ring is 1. The van der Waals surface area contributed by atoms with Gasteiger partial charge in [0, 0.05) is 40.1 Å². The fraction of sp³-hybridized carbons (Fsp3) is 0.429. The molecular formula is C28H40FN5O3S. The third-order valence-corrected chi connectivity index (χ3v) is 8.62. The Morgan fingerprint density at radius 1 is 1.13 bits per heavy atom. The molecule has 2 fully saturated rings. The van der Waals surface area contributed by atoms with Crippen LogP contribution in [0.3, 0.4) is 0 Å². The van der Waals surface area contributed by atoms with Gasteiger partial charge in [0.2, 0.25) is 0 Å². The minimum absolute atomic E-state index is 0. The molecule has 3 aromatic rings. The number of nitrogens with zero attached hydrogens (tertiary/aromatic N) is 3. The van der Waals surface area contributed by atoms with Gasteiger partial charge in [0.1, 0.15) is 23.2 Å². The van der Waals surface area contributed by atoms with Gasteiger partial charge in [0.05, 0.1) is 12.3 Å². The summed E-state index contributed by atoms with van der Waals surface area (Å²) in [5, 5.41) is -0.131. The lowest BCUT2D eigenvalue weighted by Crippen LogP contribution is -2.50. The molecule has 2 aliphatic rings. The molecule has 2 aromatic heterocycles. The van der Waals surface area contributed by atoms with Gasteiger partial charge >= 0.3 is 0 Å². The second kappa shape index (κ2) is 10.5. The van der Waals surface area contributed by atoms with Crippen LogP contribution in [0.2, 0.25) is 0 Å². The number of benzene rings is 1. The molecule has 0 radical (unpaired) electrons. The van der Waals surface area contributed by atoms with Crippen molar-refractivity contribution in [3.05, 3.63) is 59.9 Å². The minimum atomic E-state index is -3.88. The van der Waals surface area contributed by atoms with Crippen molar-refractivity contribution in [1.29, 1.82) is 0 Å². The number of halogens is 1. The van der Waals surface area contributed by atoms with Crippen LogP contribution in [0.15, 0.2) is 53.6 Å². The number of hydrogen-bond donors (Lipinski definition) is 2. The molecule has 38 heavy (non-hydrogen) atoms. The van der Waals surface area contributed by atoms with Crippen LogP contribution in [-0.2, 0) is 16.6 Å². The summed E-state index contributed by atoms with van der Waals surface area (Å²) in [7, 11) is -3.88. The quantitative estimate of drug-likeness (QED) is 0.358. The van der Waals surface area contributed by atoms with Gasteiger partial charge in [-0.05, 0) is 68.4 Å². The van der Waals surface area contributed by atoms with Gasteiger partial charge in [0.15, 0.2) is 5.03 Å². The molecule has 1 saturated heterocycles. The lowest BCUT2D eigenvalue weighted by molar-refractivity contribution is 0.249. The van der Waals surface area contributed by atoms with Crippen molar-refractivity contribution in [2.45, 2.75) is 63.1 Å². The Kier molecular flexibility index (Phi) is 7.28. The number of anilines is 2. The number of rotatable bonds is 9. The molecule has 3 N–H and O–H groups in total. The molecule has 1 aliphatic heterocycles. The van der Waals surface area contributed by atoms with E-state index in [1.807, 2.05) is 19.9 Å². The largest absolute Gasteiger partial charge is 0.493 e. The van der Waals surface area contributed by atoms with Crippen LogP contribution < -0.4 is 20.1 Å². The van der Waals surface area contributed by atoms with Gasteiger partial charge in [0.25, 0.3) is 10.0 Å². The first-order chi connectivity index (χ1) is 18.1. The summed E-state index contributed by atoms with van der Waals surface area (Å²) in [6, 6.07) is 12.8. The third-order valence-electron chi connectivity index (χ3n) is 7.32. The molecular weight excluding hydrogens is 505 g/mol. The average Bonchev–Trinajstić information content (AvgIpc) is 3.32. The number of nitrogens with one attached hydrogen (secondary N) is 1. The summed E-state index contributed by atoms with van der Waals surface area (Å²) in [6.45, 7) is 5.45. The molecule has 10 heteroatoms. The summed E-state index contributed by atoms with van der Waals surface area (Å²) < 4.78 is 48.9. The highest BCUT2D eigenvalue weighted by molar-refractivity contribution is 7.89. The number of aromatic nitrogens is 2. The summed E-state index contributed by atoms with van der Waals surface area (Å²) in [6.07, 6.45) is 5.48. The van der Waals surface area contributed by atoms with Crippen LogP contribution in [0.5, 0.6) is 5.75 Å². The smallest absolute Gasteiger partial charge is 0.258 e. The highest BCUT2D eigenvalue weighted by Gasteiger charge is 2.46. The van der Waals surface area contributed by atoms with Crippen molar-refractivity contribution >= 4 is 21.7 Å². The Hall–Kier alpha value is -3.24. The van der Waals surface area contributed by atoms with E-state index < -0.39 is 15.8 Å². The van der Waals surface area contributed by atoms with Crippen LogP contribution in [0.1, 0.15) is 55.8 Å². The Morgan fingerprint density at radius 3 is 2.63 bits per heavy atom. The lowest BCUT2D eigenvalue weighted by atomic mass is 9.75. The van der Waals surface area contributed by atoms with Gasteiger partial charge in [-0.2, -0.15) is 0 Å². The Morgan fingerprint density at radius 2 is 1.92 bits per heavy atom. The van der Waals surface area contributed by atoms with Crippen LogP contribution in [0, 0.1) is 11.7 Å². The molecule has 1 saturated carbocycles. The molecule has 0 bridgehead atoms. The summed E-state index contributed by atoms with van der Waals surface area (Å²) in [5.41, 5.74) is 7.73. The monoisotopic (exact) mass is 545 g/mol. The number of pyridine rings is 2. The van der Waals surface area contributed by atoms with Crippen molar-refractivity contribution in [3.8, 4) is 17.0 Å². The predicted molar refractivity (Wildman–Crippen MR) is 152 cm³/mol. The van der Waals surface area contributed by atoms with Crippen molar-refractivity contribution in [2.24, 2.45) is 5.92 Å². The molecule has 208 valence electrons.